The smallest absolute Gasteiger partial charge is 0.233 e. The Hall–Kier alpha value is -3.00. The van der Waals surface area contributed by atoms with Crippen molar-refractivity contribution in [1.29, 1.82) is 0 Å². The molecule has 0 bridgehead atoms. The van der Waals surface area contributed by atoms with Gasteiger partial charge in [0.2, 0.25) is 11.9 Å². The Morgan fingerprint density at radius 2 is 2.21 bits per heavy atom. The normalized spacial score (nSPS) is 16.8. The van der Waals surface area contributed by atoms with Crippen molar-refractivity contribution in [3.05, 3.63) is 58.8 Å². The molecule has 9 heteroatoms. The summed E-state index contributed by atoms with van der Waals surface area (Å²) in [5.74, 6) is 1.17. The minimum Gasteiger partial charge on any atom is -0.334 e. The molecule has 3 heterocycles. The Bertz CT molecular complexity index is 1000. The molecule has 7 nitrogen and oxygen atoms in total. The molecule has 1 unspecified atom stereocenters. The van der Waals surface area contributed by atoms with Crippen LogP contribution in [0.15, 0.2) is 36.7 Å². The summed E-state index contributed by atoms with van der Waals surface area (Å²) >= 11 is 5.89. The maximum Gasteiger partial charge on any atom is 0.233 e. The second-order valence-corrected chi connectivity index (χ2v) is 6.90. The number of anilines is 3. The molecule has 4 rings (SSSR count). The summed E-state index contributed by atoms with van der Waals surface area (Å²) in [4.78, 5) is 15.0. The van der Waals surface area contributed by atoms with E-state index >= 15 is 0 Å². The molecule has 3 aromatic rings. The van der Waals surface area contributed by atoms with E-state index in [4.69, 9.17) is 11.6 Å². The molecule has 1 fully saturated rings. The number of aromatic amines is 1. The lowest BCUT2D eigenvalue weighted by atomic mass is 10.0. The molecule has 0 amide bonds. The second-order valence-electron chi connectivity index (χ2n) is 6.46. The van der Waals surface area contributed by atoms with E-state index in [9.17, 15) is 4.39 Å². The van der Waals surface area contributed by atoms with Gasteiger partial charge in [-0.3, -0.25) is 5.10 Å². The molecule has 144 valence electrons. The van der Waals surface area contributed by atoms with E-state index in [1.165, 1.54) is 12.4 Å². The van der Waals surface area contributed by atoms with Crippen molar-refractivity contribution < 1.29 is 4.39 Å². The lowest BCUT2D eigenvalue weighted by Crippen LogP contribution is -2.25. The van der Waals surface area contributed by atoms with Crippen LogP contribution >= 0.6 is 11.6 Å². The fourth-order valence-electron chi connectivity index (χ4n) is 3.37. The molecule has 2 N–H and O–H groups in total. The molecule has 1 aliphatic heterocycles. The average Bonchev–Trinajstić information content (AvgIpc) is 3.32. The summed E-state index contributed by atoms with van der Waals surface area (Å²) in [6, 6.07) is 6.49. The van der Waals surface area contributed by atoms with Crippen molar-refractivity contribution in [2.75, 3.05) is 16.8 Å². The molecule has 0 aliphatic carbocycles. The van der Waals surface area contributed by atoms with Gasteiger partial charge in [0.05, 0.1) is 11.7 Å². The van der Waals surface area contributed by atoms with Crippen LogP contribution < -0.4 is 10.2 Å². The quantitative estimate of drug-likeness (QED) is 0.657. The van der Waals surface area contributed by atoms with E-state index < -0.39 is 0 Å². The number of aromatic nitrogens is 5. The highest BCUT2D eigenvalue weighted by molar-refractivity contribution is 6.30. The summed E-state index contributed by atoms with van der Waals surface area (Å²) in [7, 11) is 0. The number of rotatable bonds is 5. The lowest BCUT2D eigenvalue weighted by Gasteiger charge is -2.25. The predicted molar refractivity (Wildman–Crippen MR) is 107 cm³/mol. The largest absolute Gasteiger partial charge is 0.334 e. The first-order valence-electron chi connectivity index (χ1n) is 9.00. The van der Waals surface area contributed by atoms with E-state index in [-0.39, 0.29) is 11.9 Å². The number of hydrogen-bond donors (Lipinski definition) is 2. The Kier molecular flexibility index (Phi) is 5.21. The zero-order chi connectivity index (χ0) is 19.5. The monoisotopic (exact) mass is 399 g/mol. The van der Waals surface area contributed by atoms with Crippen LogP contribution in [0, 0.1) is 5.82 Å². The first-order chi connectivity index (χ1) is 13.6. The molecule has 1 aromatic carbocycles. The van der Waals surface area contributed by atoms with Crippen LogP contribution in [0.4, 0.5) is 22.1 Å². The summed E-state index contributed by atoms with van der Waals surface area (Å²) in [5, 5.41) is 10.5. The van der Waals surface area contributed by atoms with Crippen LogP contribution in [-0.2, 0) is 0 Å². The zero-order valence-corrected chi connectivity index (χ0v) is 16.0. The number of hydrogen-bond acceptors (Lipinski definition) is 6. The van der Waals surface area contributed by atoms with Crippen LogP contribution in [0.2, 0.25) is 5.02 Å². The van der Waals surface area contributed by atoms with Gasteiger partial charge in [0, 0.05) is 23.2 Å². The van der Waals surface area contributed by atoms with Gasteiger partial charge in [-0.1, -0.05) is 23.7 Å². The van der Waals surface area contributed by atoms with Crippen LogP contribution in [0.25, 0.3) is 6.08 Å². The SMILES string of the molecule is C/C=C/c1cc(Nc2ncnc(N3CCCC3c3ccc(Cl)cc3F)n2)n[nH]1. The summed E-state index contributed by atoms with van der Waals surface area (Å²) in [6.45, 7) is 2.67. The van der Waals surface area contributed by atoms with Crippen molar-refractivity contribution >= 4 is 35.4 Å². The van der Waals surface area contributed by atoms with Crippen molar-refractivity contribution in [1.82, 2.24) is 25.1 Å². The van der Waals surface area contributed by atoms with Crippen LogP contribution in [-0.4, -0.2) is 31.7 Å². The minimum absolute atomic E-state index is 0.140. The molecule has 1 saturated heterocycles. The minimum atomic E-state index is -0.315. The summed E-state index contributed by atoms with van der Waals surface area (Å²) < 4.78 is 14.4. The van der Waals surface area contributed by atoms with Gasteiger partial charge in [-0.05, 0) is 38.0 Å². The van der Waals surface area contributed by atoms with Crippen LogP contribution in [0.5, 0.6) is 0 Å². The third-order valence-corrected chi connectivity index (χ3v) is 4.81. The number of halogens is 2. The van der Waals surface area contributed by atoms with E-state index in [1.807, 2.05) is 30.0 Å². The zero-order valence-electron chi connectivity index (χ0n) is 15.2. The van der Waals surface area contributed by atoms with Gasteiger partial charge in [0.1, 0.15) is 12.1 Å². The Balaban J connectivity index is 1.57. The topological polar surface area (TPSA) is 82.6 Å². The predicted octanol–water partition coefficient (Wildman–Crippen LogP) is 4.51. The number of benzene rings is 1. The van der Waals surface area contributed by atoms with Gasteiger partial charge in [0.25, 0.3) is 0 Å². The first kappa shape index (κ1) is 18.4. The van der Waals surface area contributed by atoms with Gasteiger partial charge in [0.15, 0.2) is 5.82 Å². The molecule has 0 saturated carbocycles. The van der Waals surface area contributed by atoms with Crippen molar-refractivity contribution in [2.45, 2.75) is 25.8 Å². The lowest BCUT2D eigenvalue weighted by molar-refractivity contribution is 0.577. The van der Waals surface area contributed by atoms with Gasteiger partial charge < -0.3 is 10.2 Å². The van der Waals surface area contributed by atoms with Crippen molar-refractivity contribution in [2.24, 2.45) is 0 Å². The Labute approximate surface area is 166 Å². The van der Waals surface area contributed by atoms with Crippen molar-refractivity contribution in [3.8, 4) is 0 Å². The van der Waals surface area contributed by atoms with Crippen molar-refractivity contribution in [3.63, 3.8) is 0 Å². The number of nitrogens with zero attached hydrogens (tertiary/aromatic N) is 5. The standard InChI is InChI=1S/C19H19ClFN7/c1-2-4-13-10-17(27-26-13)24-18-22-11-23-19(25-18)28-8-3-5-16(28)14-7-6-12(20)9-15(14)21/h2,4,6-7,9-11,16H,3,5,8H2,1H3,(H2,22,23,24,25,26,27)/b4-2+. The molecular weight excluding hydrogens is 381 g/mol. The van der Waals surface area contributed by atoms with Gasteiger partial charge in [-0.2, -0.15) is 10.1 Å². The third kappa shape index (κ3) is 3.82. The molecule has 0 spiro atoms. The van der Waals surface area contributed by atoms with Gasteiger partial charge >= 0.3 is 0 Å². The highest BCUT2D eigenvalue weighted by atomic mass is 35.5. The fraction of sp³-hybridized carbons (Fsp3) is 0.263. The highest BCUT2D eigenvalue weighted by Gasteiger charge is 2.30. The van der Waals surface area contributed by atoms with E-state index in [1.54, 1.807) is 12.1 Å². The van der Waals surface area contributed by atoms with Crippen LogP contribution in [0.3, 0.4) is 0 Å². The number of nitrogens with one attached hydrogen (secondary N) is 2. The summed E-state index contributed by atoms with van der Waals surface area (Å²) in [6.07, 6.45) is 7.01. The number of allylic oxidation sites excluding steroid dienone is 1. The molecular formula is C19H19ClFN7. The molecule has 0 radical (unpaired) electrons. The molecule has 1 aliphatic rings. The van der Waals surface area contributed by atoms with E-state index in [0.717, 1.165) is 25.1 Å². The fourth-order valence-corrected chi connectivity index (χ4v) is 3.53. The third-order valence-electron chi connectivity index (χ3n) is 4.57. The molecule has 2 aromatic heterocycles. The Morgan fingerprint density at radius 3 is 3.04 bits per heavy atom. The average molecular weight is 400 g/mol. The molecule has 28 heavy (non-hydrogen) atoms. The molecule has 1 atom stereocenters. The van der Waals surface area contributed by atoms with Gasteiger partial charge in [-0.15, -0.1) is 0 Å². The number of H-pyrrole nitrogens is 1. The Morgan fingerprint density at radius 1 is 1.32 bits per heavy atom. The van der Waals surface area contributed by atoms with E-state index in [0.29, 0.717) is 28.3 Å². The van der Waals surface area contributed by atoms with E-state index in [2.05, 4.69) is 30.5 Å². The maximum absolute atomic E-state index is 14.4. The highest BCUT2D eigenvalue weighted by Crippen LogP contribution is 2.36. The van der Waals surface area contributed by atoms with Gasteiger partial charge in [-0.25, -0.2) is 14.4 Å². The maximum atomic E-state index is 14.4. The summed E-state index contributed by atoms with van der Waals surface area (Å²) in [5.41, 5.74) is 1.47. The first-order valence-corrected chi connectivity index (χ1v) is 9.37. The van der Waals surface area contributed by atoms with Crippen LogP contribution in [0.1, 0.15) is 37.1 Å². The second kappa shape index (κ2) is 7.93.